The number of alkyl halides is 4. The summed E-state index contributed by atoms with van der Waals surface area (Å²) in [7, 11) is 1.56. The minimum Gasteiger partial charge on any atom is -0.412 e. The maximum Gasteiger partial charge on any atom is 0.470 e. The van der Waals surface area contributed by atoms with Crippen LogP contribution in [0.25, 0.3) is 26.9 Å². The Kier molecular flexibility index (Phi) is 6.30. The zero-order valence-electron chi connectivity index (χ0n) is 18.7. The topological polar surface area (TPSA) is 91.8 Å². The number of fused-ring (bicyclic) bond motifs is 1. The minimum atomic E-state index is -4.73. The molecule has 0 N–H and O–H groups in total. The number of thiazole rings is 1. The molecule has 1 aliphatic rings. The van der Waals surface area contributed by atoms with E-state index in [2.05, 4.69) is 25.3 Å². The molecule has 4 heterocycles. The van der Waals surface area contributed by atoms with E-state index in [9.17, 15) is 17.6 Å². The van der Waals surface area contributed by atoms with Gasteiger partial charge in [0.05, 0.1) is 18.5 Å². The molecule has 8 nitrogen and oxygen atoms in total. The second kappa shape index (κ2) is 9.13. The molecule has 4 aromatic rings. The largest absolute Gasteiger partial charge is 0.470 e. The van der Waals surface area contributed by atoms with Gasteiger partial charge in [-0.05, 0) is 38.7 Å². The normalized spacial score (nSPS) is 21.1. The van der Waals surface area contributed by atoms with Crippen LogP contribution >= 0.6 is 23.1 Å². The Bertz CT molecular complexity index is 1340. The van der Waals surface area contributed by atoms with E-state index in [-0.39, 0.29) is 17.4 Å². The molecule has 0 bridgehead atoms. The zero-order chi connectivity index (χ0) is 24.8. The first kappa shape index (κ1) is 24.1. The Hall–Kier alpha value is -2.58. The van der Waals surface area contributed by atoms with Gasteiger partial charge in [-0.15, -0.1) is 22.0 Å². The minimum absolute atomic E-state index is 0.236. The molecule has 0 amide bonds. The number of ether oxygens (including phenoxy) is 1. The van der Waals surface area contributed by atoms with Crippen molar-refractivity contribution in [3.05, 3.63) is 30.0 Å². The third-order valence-electron chi connectivity index (χ3n) is 5.69. The third-order valence-corrected chi connectivity index (χ3v) is 7.95. The van der Waals surface area contributed by atoms with E-state index in [0.29, 0.717) is 34.6 Å². The predicted octanol–water partition coefficient (Wildman–Crippen LogP) is 5.86. The molecular weight excluding hydrogens is 508 g/mol. The van der Waals surface area contributed by atoms with Gasteiger partial charge in [0.2, 0.25) is 5.13 Å². The number of aromatic nitrogens is 6. The van der Waals surface area contributed by atoms with E-state index in [1.54, 1.807) is 32.0 Å². The molecule has 1 aliphatic carbocycles. The van der Waals surface area contributed by atoms with Crippen molar-refractivity contribution in [2.24, 2.45) is 0 Å². The van der Waals surface area contributed by atoms with E-state index in [1.165, 1.54) is 10.9 Å². The van der Waals surface area contributed by atoms with Crippen LogP contribution in [0.15, 0.2) is 27.8 Å². The SMILES string of the molecule is COCc1nn(-c2ncc(-c3nnc(C(F)(F)F)o3)s2)c2ncc(SC3CCC(C)(F)CC3)cc12. The first-order valence-electron chi connectivity index (χ1n) is 10.7. The first-order chi connectivity index (χ1) is 16.6. The summed E-state index contributed by atoms with van der Waals surface area (Å²) in [6, 6.07) is 1.98. The highest BCUT2D eigenvalue weighted by atomic mass is 32.2. The molecule has 0 spiro atoms. The molecule has 0 saturated heterocycles. The van der Waals surface area contributed by atoms with Crippen molar-refractivity contribution < 1.29 is 26.7 Å². The molecule has 0 aromatic carbocycles. The van der Waals surface area contributed by atoms with Gasteiger partial charge < -0.3 is 9.15 Å². The smallest absolute Gasteiger partial charge is 0.412 e. The lowest BCUT2D eigenvalue weighted by Gasteiger charge is -2.30. The molecule has 0 aliphatic heterocycles. The van der Waals surface area contributed by atoms with Crippen LogP contribution in [0.2, 0.25) is 0 Å². The summed E-state index contributed by atoms with van der Waals surface area (Å²) in [6.07, 6.45) is 1.06. The molecule has 0 atom stereocenters. The highest BCUT2D eigenvalue weighted by molar-refractivity contribution is 8.00. The zero-order valence-corrected chi connectivity index (χ0v) is 20.3. The van der Waals surface area contributed by atoms with Gasteiger partial charge in [-0.1, -0.05) is 11.3 Å². The lowest BCUT2D eigenvalue weighted by molar-refractivity contribution is -0.156. The van der Waals surface area contributed by atoms with Gasteiger partial charge in [-0.3, -0.25) is 0 Å². The van der Waals surface area contributed by atoms with Gasteiger partial charge >= 0.3 is 12.1 Å². The van der Waals surface area contributed by atoms with Crippen LogP contribution in [0.1, 0.15) is 44.2 Å². The monoisotopic (exact) mass is 528 g/mol. The number of halogens is 4. The fourth-order valence-electron chi connectivity index (χ4n) is 3.89. The van der Waals surface area contributed by atoms with Crippen LogP contribution < -0.4 is 0 Å². The average Bonchev–Trinajstić information content (AvgIpc) is 3.53. The van der Waals surface area contributed by atoms with Gasteiger partial charge in [-0.2, -0.15) is 23.0 Å². The molecule has 35 heavy (non-hydrogen) atoms. The Labute approximate surface area is 205 Å². The average molecular weight is 529 g/mol. The number of hydrogen-bond acceptors (Lipinski definition) is 9. The highest BCUT2D eigenvalue weighted by Gasteiger charge is 2.38. The molecule has 1 saturated carbocycles. The van der Waals surface area contributed by atoms with Crippen LogP contribution in [0.4, 0.5) is 17.6 Å². The maximum atomic E-state index is 14.1. The molecule has 0 unspecified atom stereocenters. The van der Waals surface area contributed by atoms with E-state index < -0.39 is 17.7 Å². The molecule has 14 heteroatoms. The molecule has 5 rings (SSSR count). The van der Waals surface area contributed by atoms with E-state index in [1.807, 2.05) is 6.07 Å². The summed E-state index contributed by atoms with van der Waals surface area (Å²) in [4.78, 5) is 10.1. The summed E-state index contributed by atoms with van der Waals surface area (Å²) >= 11 is 2.72. The van der Waals surface area contributed by atoms with Gasteiger partial charge in [0, 0.05) is 28.8 Å². The third kappa shape index (κ3) is 5.05. The van der Waals surface area contributed by atoms with Crippen LogP contribution in [0.3, 0.4) is 0 Å². The fourth-order valence-corrected chi connectivity index (χ4v) is 5.83. The molecule has 1 fully saturated rings. The highest BCUT2D eigenvalue weighted by Crippen LogP contribution is 2.40. The van der Waals surface area contributed by atoms with Crippen LogP contribution in [-0.2, 0) is 17.5 Å². The van der Waals surface area contributed by atoms with Crippen molar-refractivity contribution >= 4 is 34.1 Å². The molecule has 186 valence electrons. The quantitative estimate of drug-likeness (QED) is 0.288. The summed E-state index contributed by atoms with van der Waals surface area (Å²) in [5.74, 6) is -1.70. The van der Waals surface area contributed by atoms with Crippen LogP contribution in [0.5, 0.6) is 0 Å². The number of nitrogens with zero attached hydrogens (tertiary/aromatic N) is 6. The van der Waals surface area contributed by atoms with Crippen molar-refractivity contribution in [3.8, 4) is 15.9 Å². The van der Waals surface area contributed by atoms with Crippen LogP contribution in [-0.4, -0.2) is 48.0 Å². The Morgan fingerprint density at radius 1 is 1.23 bits per heavy atom. The lowest BCUT2D eigenvalue weighted by Crippen LogP contribution is -2.27. The Balaban J connectivity index is 1.43. The van der Waals surface area contributed by atoms with Crippen molar-refractivity contribution in [2.75, 3.05) is 7.11 Å². The number of hydrogen-bond donors (Lipinski definition) is 0. The molecular formula is C21H20F4N6O2S2. The standard InChI is InChI=1S/C21H20F4N6O2S2/c1-20(22)5-3-11(4-6-20)34-12-7-13-14(10-32-2)30-31(16(13)26-8-12)19-27-9-15(35-19)17-28-29-18(33-17)21(23,24)25/h7-9,11H,3-6,10H2,1-2H3. The van der Waals surface area contributed by atoms with Gasteiger partial charge in [0.25, 0.3) is 5.89 Å². The molecule has 4 aromatic heterocycles. The van der Waals surface area contributed by atoms with E-state index >= 15 is 0 Å². The maximum absolute atomic E-state index is 14.1. The van der Waals surface area contributed by atoms with Crippen molar-refractivity contribution in [1.82, 2.24) is 29.9 Å². The van der Waals surface area contributed by atoms with Gasteiger partial charge in [0.15, 0.2) is 5.65 Å². The van der Waals surface area contributed by atoms with Gasteiger partial charge in [0.1, 0.15) is 10.5 Å². The second-order valence-electron chi connectivity index (χ2n) is 8.48. The number of pyridine rings is 1. The summed E-state index contributed by atoms with van der Waals surface area (Å²) < 4.78 is 64.1. The Morgan fingerprint density at radius 2 is 2.00 bits per heavy atom. The molecule has 0 radical (unpaired) electrons. The van der Waals surface area contributed by atoms with Crippen molar-refractivity contribution in [3.63, 3.8) is 0 Å². The van der Waals surface area contributed by atoms with Crippen molar-refractivity contribution in [1.29, 1.82) is 0 Å². The number of rotatable bonds is 6. The Morgan fingerprint density at radius 3 is 2.69 bits per heavy atom. The first-order valence-corrected chi connectivity index (χ1v) is 12.4. The van der Waals surface area contributed by atoms with Crippen molar-refractivity contribution in [2.45, 2.75) is 61.2 Å². The number of methoxy groups -OCH3 is 1. The predicted molar refractivity (Wildman–Crippen MR) is 121 cm³/mol. The van der Waals surface area contributed by atoms with E-state index in [4.69, 9.17) is 9.15 Å². The van der Waals surface area contributed by atoms with Crippen LogP contribution in [0, 0.1) is 0 Å². The van der Waals surface area contributed by atoms with E-state index in [0.717, 1.165) is 34.5 Å². The second-order valence-corrected chi connectivity index (χ2v) is 10.9. The summed E-state index contributed by atoms with van der Waals surface area (Å²) in [5, 5.41) is 12.6. The fraction of sp³-hybridized carbons (Fsp3) is 0.476. The number of thioether (sulfide) groups is 1. The lowest BCUT2D eigenvalue weighted by atomic mass is 9.88. The summed E-state index contributed by atoms with van der Waals surface area (Å²) in [6.45, 7) is 1.89. The van der Waals surface area contributed by atoms with Gasteiger partial charge in [-0.25, -0.2) is 14.4 Å². The summed E-state index contributed by atoms with van der Waals surface area (Å²) in [5.41, 5.74) is 0.0869.